The highest BCUT2D eigenvalue weighted by Crippen LogP contribution is 2.26. The molecule has 8 nitrogen and oxygen atoms in total. The zero-order chi connectivity index (χ0) is 23.8. The van der Waals surface area contributed by atoms with Crippen LogP contribution in [0.2, 0.25) is 0 Å². The predicted molar refractivity (Wildman–Crippen MR) is 121 cm³/mol. The minimum absolute atomic E-state index is 0.0722. The van der Waals surface area contributed by atoms with Gasteiger partial charge in [0.05, 0.1) is 33.3 Å². The van der Waals surface area contributed by atoms with Crippen LogP contribution in [0, 0.1) is 11.7 Å². The van der Waals surface area contributed by atoms with Crippen molar-refractivity contribution in [2.24, 2.45) is 5.92 Å². The molecule has 0 bridgehead atoms. The van der Waals surface area contributed by atoms with Crippen molar-refractivity contribution in [3.63, 3.8) is 0 Å². The smallest absolute Gasteiger partial charge is 0.329 e. The minimum Gasteiger partial charge on any atom is -0.415 e. The van der Waals surface area contributed by atoms with Crippen LogP contribution in [-0.4, -0.2) is 37.4 Å². The molecule has 0 radical (unpaired) electrons. The molecule has 178 valence electrons. The number of benzene rings is 1. The lowest BCUT2D eigenvalue weighted by Gasteiger charge is -2.22. The molecule has 1 fully saturated rings. The van der Waals surface area contributed by atoms with Crippen molar-refractivity contribution in [3.05, 3.63) is 62.8 Å². The van der Waals surface area contributed by atoms with E-state index in [0.717, 1.165) is 25.9 Å². The third kappa shape index (κ3) is 4.39. The third-order valence-electron chi connectivity index (χ3n) is 5.98. The second-order valence-corrected chi connectivity index (χ2v) is 9.07. The van der Waals surface area contributed by atoms with Crippen LogP contribution < -0.4 is 11.0 Å². The third-order valence-corrected chi connectivity index (χ3v) is 6.59. The van der Waals surface area contributed by atoms with Gasteiger partial charge in [-0.2, -0.15) is 8.78 Å². The van der Waals surface area contributed by atoms with E-state index >= 15 is 0 Å². The van der Waals surface area contributed by atoms with Gasteiger partial charge < -0.3 is 9.73 Å². The Kier molecular flexibility index (Phi) is 6.26. The van der Waals surface area contributed by atoms with Crippen LogP contribution in [-0.2, 0) is 13.1 Å². The second kappa shape index (κ2) is 9.34. The first-order valence-corrected chi connectivity index (χ1v) is 11.6. The summed E-state index contributed by atoms with van der Waals surface area (Å²) in [6, 6.07) is 6.22. The van der Waals surface area contributed by atoms with Crippen LogP contribution in [0.15, 0.2) is 44.1 Å². The van der Waals surface area contributed by atoms with Gasteiger partial charge in [0, 0.05) is 18.8 Å². The zero-order valence-corrected chi connectivity index (χ0v) is 19.4. The number of alkyl halides is 2. The number of aromatic nitrogens is 5. The molecule has 0 aliphatic carbocycles. The number of imidazole rings is 1. The van der Waals surface area contributed by atoms with E-state index in [-0.39, 0.29) is 18.1 Å². The van der Waals surface area contributed by atoms with Crippen LogP contribution in [0.25, 0.3) is 22.5 Å². The minimum atomic E-state index is -2.86. The summed E-state index contributed by atoms with van der Waals surface area (Å²) in [5.74, 6) is -0.945. The van der Waals surface area contributed by atoms with E-state index in [1.54, 1.807) is 22.8 Å². The van der Waals surface area contributed by atoms with Crippen molar-refractivity contribution in [1.29, 1.82) is 0 Å². The van der Waals surface area contributed by atoms with Gasteiger partial charge in [-0.15, -0.1) is 10.2 Å². The molecule has 1 aromatic carbocycles. The van der Waals surface area contributed by atoms with Gasteiger partial charge in [0.15, 0.2) is 0 Å². The number of halogens is 4. The fraction of sp³-hybridized carbons (Fsp3) is 0.364. The Morgan fingerprint density at radius 3 is 2.59 bits per heavy atom. The molecule has 1 aliphatic heterocycles. The molecule has 0 unspecified atom stereocenters. The van der Waals surface area contributed by atoms with Crippen LogP contribution >= 0.6 is 15.9 Å². The molecule has 0 atom stereocenters. The van der Waals surface area contributed by atoms with Crippen LogP contribution in [0.3, 0.4) is 0 Å². The van der Waals surface area contributed by atoms with E-state index in [9.17, 15) is 18.0 Å². The van der Waals surface area contributed by atoms with E-state index in [1.165, 1.54) is 16.8 Å². The topological polar surface area (TPSA) is 90.8 Å². The summed E-state index contributed by atoms with van der Waals surface area (Å²) in [7, 11) is 0. The van der Waals surface area contributed by atoms with Crippen LogP contribution in [0.5, 0.6) is 0 Å². The van der Waals surface area contributed by atoms with Gasteiger partial charge in [-0.05, 0) is 66.0 Å². The van der Waals surface area contributed by atoms with Gasteiger partial charge in [-0.3, -0.25) is 14.1 Å². The zero-order valence-electron chi connectivity index (χ0n) is 17.8. The van der Waals surface area contributed by atoms with Crippen molar-refractivity contribution in [2.45, 2.75) is 32.4 Å². The lowest BCUT2D eigenvalue weighted by Crippen LogP contribution is -2.33. The van der Waals surface area contributed by atoms with E-state index in [0.29, 0.717) is 39.2 Å². The SMILES string of the molecule is O=c1n(Cc2ccc(-c3nnc(C(F)F)o3)cn2)c2cc(F)c(Br)cc2n1CC1CCNCC1. The fourth-order valence-corrected chi connectivity index (χ4v) is 4.54. The molecule has 1 aliphatic rings. The average Bonchev–Trinajstić information content (AvgIpc) is 3.42. The highest BCUT2D eigenvalue weighted by atomic mass is 79.9. The summed E-state index contributed by atoms with van der Waals surface area (Å²) in [5.41, 5.74) is 1.79. The second-order valence-electron chi connectivity index (χ2n) is 8.21. The van der Waals surface area contributed by atoms with Crippen molar-refractivity contribution >= 4 is 27.0 Å². The number of hydrogen-bond acceptors (Lipinski definition) is 6. The summed E-state index contributed by atoms with van der Waals surface area (Å²) >= 11 is 3.23. The maximum atomic E-state index is 14.4. The first-order valence-electron chi connectivity index (χ1n) is 10.8. The maximum Gasteiger partial charge on any atom is 0.329 e. The summed E-state index contributed by atoms with van der Waals surface area (Å²) in [4.78, 5) is 17.7. The van der Waals surface area contributed by atoms with E-state index in [4.69, 9.17) is 4.42 Å². The molecular weight excluding hydrogens is 517 g/mol. The van der Waals surface area contributed by atoms with Crippen LogP contribution in [0.4, 0.5) is 13.2 Å². The molecule has 12 heteroatoms. The molecule has 4 aromatic rings. The maximum absolute atomic E-state index is 14.4. The lowest BCUT2D eigenvalue weighted by atomic mass is 9.98. The molecule has 5 rings (SSSR count). The summed E-state index contributed by atoms with van der Waals surface area (Å²) < 4.78 is 48.2. The summed E-state index contributed by atoms with van der Waals surface area (Å²) in [6.07, 6.45) is 0.484. The van der Waals surface area contributed by atoms with E-state index < -0.39 is 18.1 Å². The molecule has 34 heavy (non-hydrogen) atoms. The van der Waals surface area contributed by atoms with Gasteiger partial charge in [0.1, 0.15) is 5.82 Å². The Balaban J connectivity index is 1.47. The Bertz CT molecular complexity index is 1380. The van der Waals surface area contributed by atoms with Gasteiger partial charge in [0.2, 0.25) is 5.89 Å². The normalized spacial score (nSPS) is 15.0. The Hall–Kier alpha value is -2.99. The van der Waals surface area contributed by atoms with Crippen LogP contribution in [0.1, 0.15) is 30.9 Å². The quantitative estimate of drug-likeness (QED) is 0.398. The monoisotopic (exact) mass is 536 g/mol. The lowest BCUT2D eigenvalue weighted by molar-refractivity contribution is 0.116. The molecule has 0 saturated carbocycles. The van der Waals surface area contributed by atoms with Crippen molar-refractivity contribution in [3.8, 4) is 11.5 Å². The van der Waals surface area contributed by atoms with Gasteiger partial charge in [-0.1, -0.05) is 0 Å². The standard InChI is InChI=1S/C22H20BrF3N6O2/c23-15-7-17-18(8-16(15)24)32(22(33)31(17)10-12-3-5-27-6-4-12)11-14-2-1-13(9-28-14)20-29-30-21(34-20)19(25)26/h1-2,7-9,12,19,27H,3-6,10-11H2. The number of rotatable bonds is 6. The van der Waals surface area contributed by atoms with E-state index in [1.807, 2.05) is 0 Å². The van der Waals surface area contributed by atoms with Crippen molar-refractivity contribution in [2.75, 3.05) is 13.1 Å². The van der Waals surface area contributed by atoms with E-state index in [2.05, 4.69) is 36.4 Å². The number of nitrogens with one attached hydrogen (secondary N) is 1. The largest absolute Gasteiger partial charge is 0.415 e. The highest BCUT2D eigenvalue weighted by Gasteiger charge is 2.21. The number of hydrogen-bond donors (Lipinski definition) is 1. The van der Waals surface area contributed by atoms with Crippen molar-refractivity contribution in [1.82, 2.24) is 29.6 Å². The first kappa shape index (κ1) is 22.8. The molecule has 0 amide bonds. The van der Waals surface area contributed by atoms with Crippen molar-refractivity contribution < 1.29 is 17.6 Å². The number of piperidine rings is 1. The van der Waals surface area contributed by atoms with Gasteiger partial charge in [-0.25, -0.2) is 9.18 Å². The first-order chi connectivity index (χ1) is 16.4. The molecular formula is C22H20BrF3N6O2. The molecule has 1 N–H and O–H groups in total. The van der Waals surface area contributed by atoms with Gasteiger partial charge in [0.25, 0.3) is 5.89 Å². The number of nitrogens with zero attached hydrogens (tertiary/aromatic N) is 5. The molecule has 3 aromatic heterocycles. The Labute approximate surface area is 199 Å². The predicted octanol–water partition coefficient (Wildman–Crippen LogP) is 4.14. The molecule has 0 spiro atoms. The molecule has 4 heterocycles. The Morgan fingerprint density at radius 1 is 1.15 bits per heavy atom. The molecule has 1 saturated heterocycles. The highest BCUT2D eigenvalue weighted by molar-refractivity contribution is 9.10. The number of fused-ring (bicyclic) bond motifs is 1. The summed E-state index contributed by atoms with van der Waals surface area (Å²) in [5, 5.41) is 10.2. The fourth-order valence-electron chi connectivity index (χ4n) is 4.21. The van der Waals surface area contributed by atoms with Gasteiger partial charge >= 0.3 is 12.1 Å². The Morgan fingerprint density at radius 2 is 1.91 bits per heavy atom. The average molecular weight is 537 g/mol. The number of pyridine rings is 1. The summed E-state index contributed by atoms with van der Waals surface area (Å²) in [6.45, 7) is 2.48.